The van der Waals surface area contributed by atoms with Crippen LogP contribution < -0.4 is 0 Å². The highest BCUT2D eigenvalue weighted by atomic mass is 35.5. The zero-order valence-corrected chi connectivity index (χ0v) is 22.7. The summed E-state index contributed by atoms with van der Waals surface area (Å²) in [6.45, 7) is 5.04. The Kier molecular flexibility index (Phi) is 15.5. The van der Waals surface area contributed by atoms with Gasteiger partial charge in [-0.1, -0.05) is 38.3 Å². The van der Waals surface area contributed by atoms with E-state index in [4.69, 9.17) is 25.8 Å². The topological polar surface area (TPSA) is 85.2 Å². The lowest BCUT2D eigenvalue weighted by Gasteiger charge is -2.29. The third-order valence-electron chi connectivity index (χ3n) is 7.12. The molecule has 2 fully saturated rings. The Bertz CT molecular complexity index is 592. The summed E-state index contributed by atoms with van der Waals surface area (Å²) in [4.78, 5) is 11.7. The molecule has 0 amide bonds. The maximum Gasteiger partial charge on any atom is 0.305 e. The highest BCUT2D eigenvalue weighted by Crippen LogP contribution is 2.42. The second-order valence-corrected chi connectivity index (χ2v) is 10.9. The maximum atomic E-state index is 11.7. The molecule has 7 atom stereocenters. The van der Waals surface area contributed by atoms with Crippen molar-refractivity contribution in [1.82, 2.24) is 0 Å². The van der Waals surface area contributed by atoms with E-state index in [1.807, 2.05) is 13.0 Å². The SMILES string of the molecule is CCCOC(=O)CCCCCC[C@@H]1[C@@H](C=C[C@@H](O)CCC[C@@H](C)O)[C@H](OC2CCCCO2)C[C@H]1Cl. The number of ether oxygens (including phenoxy) is 3. The van der Waals surface area contributed by atoms with E-state index in [9.17, 15) is 15.0 Å². The minimum absolute atomic E-state index is 0.000139. The normalized spacial score (nSPS) is 28.9. The van der Waals surface area contributed by atoms with Gasteiger partial charge < -0.3 is 24.4 Å². The molecule has 7 heteroatoms. The zero-order valence-electron chi connectivity index (χ0n) is 21.9. The highest BCUT2D eigenvalue weighted by molar-refractivity contribution is 6.21. The third-order valence-corrected chi connectivity index (χ3v) is 7.62. The summed E-state index contributed by atoms with van der Waals surface area (Å²) in [5, 5.41) is 19.9. The standard InChI is InChI=1S/C28H49ClO6/c1-3-18-33-27(32)14-7-5-4-6-13-23-24(17-16-22(31)12-10-11-21(2)30)26(20-25(23)29)35-28-15-8-9-19-34-28/h16-17,21-26,28,30-31H,3-15,18-20H2,1-2H3/t21-,22+,23-,24-,25-,26-,28?/m1/s1. The molecule has 35 heavy (non-hydrogen) atoms. The van der Waals surface area contributed by atoms with Gasteiger partial charge in [-0.3, -0.25) is 4.79 Å². The molecule has 1 saturated carbocycles. The molecule has 0 aromatic heterocycles. The summed E-state index contributed by atoms with van der Waals surface area (Å²) < 4.78 is 17.4. The number of rotatable bonds is 17. The van der Waals surface area contributed by atoms with E-state index in [1.54, 1.807) is 6.92 Å². The molecular formula is C28H49ClO6. The number of aliphatic hydroxyl groups is 2. The fraction of sp³-hybridized carbons (Fsp3) is 0.893. The van der Waals surface area contributed by atoms with Crippen molar-refractivity contribution >= 4 is 17.6 Å². The Labute approximate surface area is 217 Å². The summed E-state index contributed by atoms with van der Waals surface area (Å²) in [5.74, 6) is 0.352. The molecule has 0 aromatic carbocycles. The van der Waals surface area contributed by atoms with Crippen molar-refractivity contribution in [3.63, 3.8) is 0 Å². The molecule has 2 rings (SSSR count). The van der Waals surface area contributed by atoms with Crippen LogP contribution in [-0.2, 0) is 19.0 Å². The first-order valence-corrected chi connectivity index (χ1v) is 14.5. The van der Waals surface area contributed by atoms with E-state index >= 15 is 0 Å². The van der Waals surface area contributed by atoms with Crippen molar-refractivity contribution in [2.24, 2.45) is 11.8 Å². The summed E-state index contributed by atoms with van der Waals surface area (Å²) in [6, 6.07) is 0. The van der Waals surface area contributed by atoms with Crippen LogP contribution >= 0.6 is 11.6 Å². The molecular weight excluding hydrogens is 468 g/mol. The Morgan fingerprint density at radius 3 is 2.66 bits per heavy atom. The lowest BCUT2D eigenvalue weighted by Crippen LogP contribution is -2.30. The fourth-order valence-corrected chi connectivity index (χ4v) is 5.61. The summed E-state index contributed by atoms with van der Waals surface area (Å²) in [6.07, 6.45) is 15.4. The van der Waals surface area contributed by atoms with Gasteiger partial charge >= 0.3 is 5.97 Å². The van der Waals surface area contributed by atoms with E-state index in [-0.39, 0.29) is 35.8 Å². The van der Waals surface area contributed by atoms with Gasteiger partial charge in [0, 0.05) is 24.3 Å². The van der Waals surface area contributed by atoms with Gasteiger partial charge in [-0.05, 0) is 77.0 Å². The summed E-state index contributed by atoms with van der Waals surface area (Å²) >= 11 is 6.84. The number of carbonyl (C=O) groups is 1. The first-order valence-electron chi connectivity index (χ1n) is 14.0. The molecule has 6 nitrogen and oxygen atoms in total. The maximum absolute atomic E-state index is 11.7. The number of hydrogen-bond donors (Lipinski definition) is 2. The lowest BCUT2D eigenvalue weighted by atomic mass is 9.88. The van der Waals surface area contributed by atoms with Crippen LogP contribution in [0.5, 0.6) is 0 Å². The van der Waals surface area contributed by atoms with Gasteiger partial charge in [0.25, 0.3) is 0 Å². The van der Waals surface area contributed by atoms with Crippen molar-refractivity contribution in [3.05, 3.63) is 12.2 Å². The Hall–Kier alpha value is -0.660. The predicted octanol–water partition coefficient (Wildman–Crippen LogP) is 5.90. The zero-order chi connectivity index (χ0) is 25.5. The third kappa shape index (κ3) is 12.4. The monoisotopic (exact) mass is 516 g/mol. The molecule has 1 saturated heterocycles. The molecule has 1 aliphatic carbocycles. The molecule has 0 radical (unpaired) electrons. The molecule has 1 unspecified atom stereocenters. The largest absolute Gasteiger partial charge is 0.466 e. The Morgan fingerprint density at radius 1 is 1.14 bits per heavy atom. The van der Waals surface area contributed by atoms with E-state index in [2.05, 4.69) is 6.08 Å². The van der Waals surface area contributed by atoms with Gasteiger partial charge in [0.2, 0.25) is 0 Å². The van der Waals surface area contributed by atoms with Gasteiger partial charge in [-0.15, -0.1) is 11.6 Å². The smallest absolute Gasteiger partial charge is 0.305 e. The van der Waals surface area contributed by atoms with Crippen LogP contribution in [0.15, 0.2) is 12.2 Å². The molecule has 2 N–H and O–H groups in total. The summed E-state index contributed by atoms with van der Waals surface area (Å²) in [7, 11) is 0. The first-order chi connectivity index (χ1) is 16.9. The lowest BCUT2D eigenvalue weighted by molar-refractivity contribution is -0.192. The Balaban J connectivity index is 1.85. The molecule has 1 heterocycles. The highest BCUT2D eigenvalue weighted by Gasteiger charge is 2.42. The van der Waals surface area contributed by atoms with E-state index in [0.29, 0.717) is 31.8 Å². The van der Waals surface area contributed by atoms with Crippen molar-refractivity contribution in [3.8, 4) is 0 Å². The van der Waals surface area contributed by atoms with Gasteiger partial charge in [-0.2, -0.15) is 0 Å². The summed E-state index contributed by atoms with van der Waals surface area (Å²) in [5.41, 5.74) is 0. The Morgan fingerprint density at radius 2 is 1.94 bits per heavy atom. The van der Waals surface area contributed by atoms with Gasteiger partial charge in [-0.25, -0.2) is 0 Å². The van der Waals surface area contributed by atoms with E-state index < -0.39 is 6.10 Å². The minimum Gasteiger partial charge on any atom is -0.466 e. The van der Waals surface area contributed by atoms with Gasteiger partial charge in [0.1, 0.15) is 0 Å². The molecule has 0 aromatic rings. The molecule has 0 bridgehead atoms. The van der Waals surface area contributed by atoms with Crippen LogP contribution in [0.1, 0.15) is 104 Å². The van der Waals surface area contributed by atoms with Crippen molar-refractivity contribution in [1.29, 1.82) is 0 Å². The van der Waals surface area contributed by atoms with Crippen molar-refractivity contribution < 1.29 is 29.2 Å². The van der Waals surface area contributed by atoms with Gasteiger partial charge in [0.05, 0.1) is 24.9 Å². The number of esters is 1. The van der Waals surface area contributed by atoms with Crippen molar-refractivity contribution in [2.45, 2.75) is 134 Å². The number of halogens is 1. The van der Waals surface area contributed by atoms with Crippen molar-refractivity contribution in [2.75, 3.05) is 13.2 Å². The number of alkyl halides is 1. The van der Waals surface area contributed by atoms with Crippen LogP contribution in [0.4, 0.5) is 0 Å². The molecule has 2 aliphatic rings. The van der Waals surface area contributed by atoms with Gasteiger partial charge in [0.15, 0.2) is 6.29 Å². The predicted molar refractivity (Wildman–Crippen MR) is 139 cm³/mol. The molecule has 204 valence electrons. The average Bonchev–Trinajstić information content (AvgIpc) is 3.12. The molecule has 0 spiro atoms. The van der Waals surface area contributed by atoms with E-state index in [0.717, 1.165) is 77.2 Å². The molecule has 1 aliphatic heterocycles. The van der Waals surface area contributed by atoms with Crippen LogP contribution in [-0.4, -0.2) is 59.4 Å². The van der Waals surface area contributed by atoms with Crippen LogP contribution in [0.3, 0.4) is 0 Å². The first kappa shape index (κ1) is 30.6. The van der Waals surface area contributed by atoms with E-state index in [1.165, 1.54) is 0 Å². The second-order valence-electron chi connectivity index (χ2n) is 10.4. The second kappa shape index (κ2) is 17.7. The van der Waals surface area contributed by atoms with Crippen LogP contribution in [0.25, 0.3) is 0 Å². The number of hydrogen-bond acceptors (Lipinski definition) is 6. The number of unbranched alkanes of at least 4 members (excludes halogenated alkanes) is 3. The average molecular weight is 517 g/mol. The quantitative estimate of drug-likeness (QED) is 0.108. The van der Waals surface area contributed by atoms with Crippen LogP contribution in [0.2, 0.25) is 0 Å². The number of carbonyl (C=O) groups excluding carboxylic acids is 1. The van der Waals surface area contributed by atoms with Crippen LogP contribution in [0, 0.1) is 11.8 Å². The fourth-order valence-electron chi connectivity index (χ4n) is 5.14. The minimum atomic E-state index is -0.525. The number of aliphatic hydroxyl groups excluding tert-OH is 2.